The summed E-state index contributed by atoms with van der Waals surface area (Å²) in [4.78, 5) is 36.1. The number of hydrogen-bond acceptors (Lipinski definition) is 7. The maximum Gasteiger partial charge on any atom is 0.310 e. The monoisotopic (exact) mass is 413 g/mol. The van der Waals surface area contributed by atoms with Gasteiger partial charge in [0, 0.05) is 40.5 Å². The lowest BCUT2D eigenvalue weighted by Gasteiger charge is -2.09. The highest BCUT2D eigenvalue weighted by Gasteiger charge is 2.19. The zero-order chi connectivity index (χ0) is 21.8. The molecule has 3 rings (SSSR count). The number of ketones is 1. The molecule has 8 heteroatoms. The van der Waals surface area contributed by atoms with Gasteiger partial charge in [-0.05, 0) is 32.0 Å². The molecule has 0 aliphatic carbocycles. The summed E-state index contributed by atoms with van der Waals surface area (Å²) in [5.41, 5.74) is 3.07. The predicted molar refractivity (Wildman–Crippen MR) is 107 cm³/mol. The quantitative estimate of drug-likeness (QED) is 0.446. The summed E-state index contributed by atoms with van der Waals surface area (Å²) in [7, 11) is 1.33. The molecule has 2 heterocycles. The molecule has 8 nitrogen and oxygen atoms in total. The fourth-order valence-electron chi connectivity index (χ4n) is 3.37. The molecule has 0 aliphatic heterocycles. The van der Waals surface area contributed by atoms with Crippen LogP contribution in [0.15, 0.2) is 34.9 Å². The predicted octanol–water partition coefficient (Wildman–Crippen LogP) is 3.09. The van der Waals surface area contributed by atoms with Crippen LogP contribution < -0.4 is 0 Å². The van der Waals surface area contributed by atoms with Crippen molar-refractivity contribution in [2.75, 3.05) is 13.7 Å². The number of fused-ring (bicyclic) bond motifs is 1. The Morgan fingerprint density at radius 2 is 1.90 bits per heavy atom. The van der Waals surface area contributed by atoms with E-state index >= 15 is 0 Å². The van der Waals surface area contributed by atoms with E-state index in [2.05, 4.69) is 4.74 Å². The van der Waals surface area contributed by atoms with Gasteiger partial charge in [-0.1, -0.05) is 0 Å². The highest BCUT2D eigenvalue weighted by Crippen LogP contribution is 2.25. The van der Waals surface area contributed by atoms with Gasteiger partial charge in [-0.3, -0.25) is 14.4 Å². The average Bonchev–Trinajstić information content (AvgIpc) is 3.24. The summed E-state index contributed by atoms with van der Waals surface area (Å²) in [5, 5.41) is 10.2. The van der Waals surface area contributed by atoms with E-state index < -0.39 is 5.97 Å². The maximum atomic E-state index is 12.6. The Morgan fingerprint density at radius 1 is 1.13 bits per heavy atom. The first-order chi connectivity index (χ1) is 14.3. The number of Topliss-reactive ketones (excluding diaryl/α,β-unsaturated/α-hetero) is 1. The van der Waals surface area contributed by atoms with Gasteiger partial charge in [-0.15, -0.1) is 0 Å². The number of aromatic nitrogens is 1. The minimum Gasteiger partial charge on any atom is -0.508 e. The van der Waals surface area contributed by atoms with E-state index in [-0.39, 0.29) is 37.0 Å². The summed E-state index contributed by atoms with van der Waals surface area (Å²) in [5.74, 6) is -1.13. The first kappa shape index (κ1) is 21.2. The van der Waals surface area contributed by atoms with E-state index in [1.54, 1.807) is 19.1 Å². The minimum atomic E-state index is -0.557. The van der Waals surface area contributed by atoms with Crippen LogP contribution in [-0.2, 0) is 32.0 Å². The molecule has 158 valence electrons. The zero-order valence-corrected chi connectivity index (χ0v) is 17.1. The van der Waals surface area contributed by atoms with Crippen molar-refractivity contribution in [2.24, 2.45) is 0 Å². The second-order valence-corrected chi connectivity index (χ2v) is 6.96. The first-order valence-corrected chi connectivity index (χ1v) is 9.41. The number of carbonyl (C=O) groups excluding carboxylic acids is 3. The van der Waals surface area contributed by atoms with Crippen LogP contribution in [0.5, 0.6) is 5.75 Å². The highest BCUT2D eigenvalue weighted by atomic mass is 16.5. The average molecular weight is 413 g/mol. The Balaban J connectivity index is 1.61. The number of ether oxygens (including phenoxy) is 2. The number of esters is 2. The van der Waals surface area contributed by atoms with Crippen molar-refractivity contribution in [1.82, 2.24) is 4.57 Å². The lowest BCUT2D eigenvalue weighted by Crippen LogP contribution is -2.16. The smallest absolute Gasteiger partial charge is 0.310 e. The van der Waals surface area contributed by atoms with Gasteiger partial charge in [0.05, 0.1) is 26.2 Å². The Labute approximate surface area is 173 Å². The number of nitrogens with zero attached hydrogens (tertiary/aromatic N) is 1. The number of rotatable bonds is 8. The number of methoxy groups -OCH3 is 1. The summed E-state index contributed by atoms with van der Waals surface area (Å²) in [6.45, 7) is 3.65. The van der Waals surface area contributed by atoms with E-state index in [1.807, 2.05) is 11.5 Å². The molecule has 0 radical (unpaired) electrons. The lowest BCUT2D eigenvalue weighted by molar-refractivity contribution is -0.142. The van der Waals surface area contributed by atoms with Gasteiger partial charge in [-0.2, -0.15) is 0 Å². The number of phenolic OH excluding ortho intramolecular Hbond substituents is 1. The molecule has 1 aromatic carbocycles. The summed E-state index contributed by atoms with van der Waals surface area (Å²) in [6.07, 6.45) is 1.58. The van der Waals surface area contributed by atoms with E-state index in [9.17, 15) is 19.5 Å². The van der Waals surface area contributed by atoms with E-state index in [4.69, 9.17) is 9.15 Å². The lowest BCUT2D eigenvalue weighted by atomic mass is 10.1. The minimum absolute atomic E-state index is 0.0524. The fourth-order valence-corrected chi connectivity index (χ4v) is 3.37. The molecule has 30 heavy (non-hydrogen) atoms. The van der Waals surface area contributed by atoms with E-state index in [0.717, 1.165) is 5.69 Å². The van der Waals surface area contributed by atoms with Crippen molar-refractivity contribution >= 4 is 28.7 Å². The van der Waals surface area contributed by atoms with Crippen molar-refractivity contribution in [2.45, 2.75) is 33.2 Å². The number of phenols is 1. The second kappa shape index (κ2) is 8.86. The summed E-state index contributed by atoms with van der Waals surface area (Å²) in [6, 6.07) is 6.35. The molecular formula is C22H23NO7. The standard InChI is InChI=1S/C22H23NO7/c1-13-8-18(14(2)23(13)7-6-21(26)28-3)19(25)12-30-22(27)9-15-11-29-20-10-16(24)4-5-17(15)20/h4-5,8,10-11,24H,6-7,9,12H2,1-3H3. The van der Waals surface area contributed by atoms with Crippen molar-refractivity contribution in [3.8, 4) is 5.75 Å². The van der Waals surface area contributed by atoms with Crippen LogP contribution in [0.4, 0.5) is 0 Å². The van der Waals surface area contributed by atoms with Crippen LogP contribution in [0.3, 0.4) is 0 Å². The third-order valence-electron chi connectivity index (χ3n) is 4.98. The maximum absolute atomic E-state index is 12.6. The molecule has 1 N–H and O–H groups in total. The van der Waals surface area contributed by atoms with Gasteiger partial charge in [0.2, 0.25) is 5.78 Å². The normalized spacial score (nSPS) is 10.9. The van der Waals surface area contributed by atoms with Gasteiger partial charge >= 0.3 is 11.9 Å². The highest BCUT2D eigenvalue weighted by molar-refractivity contribution is 5.99. The fraction of sp³-hybridized carbons (Fsp3) is 0.318. The van der Waals surface area contributed by atoms with Crippen LogP contribution in [0.25, 0.3) is 11.0 Å². The number of carbonyl (C=O) groups is 3. The van der Waals surface area contributed by atoms with Crippen LogP contribution in [-0.4, -0.2) is 41.1 Å². The van der Waals surface area contributed by atoms with Crippen LogP contribution in [0, 0.1) is 13.8 Å². The number of aryl methyl sites for hydroxylation is 1. The van der Waals surface area contributed by atoms with Crippen LogP contribution in [0.1, 0.15) is 33.7 Å². The Kier molecular flexibility index (Phi) is 6.25. The third-order valence-corrected chi connectivity index (χ3v) is 4.98. The molecule has 0 amide bonds. The summed E-state index contributed by atoms with van der Waals surface area (Å²) < 4.78 is 17.0. The van der Waals surface area contributed by atoms with Crippen LogP contribution >= 0.6 is 0 Å². The SMILES string of the molecule is COC(=O)CCn1c(C)cc(C(=O)COC(=O)Cc2coc3cc(O)ccc23)c1C. The first-order valence-electron chi connectivity index (χ1n) is 9.41. The second-order valence-electron chi connectivity index (χ2n) is 6.96. The Hall–Kier alpha value is -3.55. The molecule has 2 aromatic heterocycles. The molecule has 0 saturated heterocycles. The van der Waals surface area contributed by atoms with Gasteiger partial charge in [-0.25, -0.2) is 0 Å². The van der Waals surface area contributed by atoms with Gasteiger partial charge in [0.15, 0.2) is 6.61 Å². The zero-order valence-electron chi connectivity index (χ0n) is 17.1. The van der Waals surface area contributed by atoms with Gasteiger partial charge in [0.25, 0.3) is 0 Å². The van der Waals surface area contributed by atoms with Crippen molar-refractivity contribution in [3.05, 3.63) is 53.0 Å². The number of benzene rings is 1. The molecule has 0 fully saturated rings. The van der Waals surface area contributed by atoms with Crippen molar-refractivity contribution in [1.29, 1.82) is 0 Å². The van der Waals surface area contributed by atoms with E-state index in [1.165, 1.54) is 25.5 Å². The topological polar surface area (TPSA) is 108 Å². The molecule has 0 aliphatic rings. The molecule has 0 spiro atoms. The molecular weight excluding hydrogens is 390 g/mol. The number of furan rings is 1. The third kappa shape index (κ3) is 4.53. The van der Waals surface area contributed by atoms with Crippen molar-refractivity contribution in [3.63, 3.8) is 0 Å². The number of aromatic hydroxyl groups is 1. The Bertz CT molecular complexity index is 1110. The molecule has 0 saturated carbocycles. The van der Waals surface area contributed by atoms with Gasteiger partial charge in [0.1, 0.15) is 11.3 Å². The van der Waals surface area contributed by atoms with Crippen LogP contribution in [0.2, 0.25) is 0 Å². The van der Waals surface area contributed by atoms with Crippen molar-refractivity contribution < 1.29 is 33.4 Å². The molecule has 0 atom stereocenters. The summed E-state index contributed by atoms with van der Waals surface area (Å²) >= 11 is 0. The largest absolute Gasteiger partial charge is 0.508 e. The molecule has 3 aromatic rings. The number of hydrogen-bond donors (Lipinski definition) is 1. The van der Waals surface area contributed by atoms with Gasteiger partial charge < -0.3 is 23.6 Å². The van der Waals surface area contributed by atoms with E-state index in [0.29, 0.717) is 34.3 Å². The Morgan fingerprint density at radius 3 is 2.63 bits per heavy atom. The molecule has 0 unspecified atom stereocenters. The molecule has 0 bridgehead atoms.